The van der Waals surface area contributed by atoms with Gasteiger partial charge in [-0.2, -0.15) is 0 Å². The second-order valence-corrected chi connectivity index (χ2v) is 5.51. The lowest BCUT2D eigenvalue weighted by molar-refractivity contribution is -0.124. The van der Waals surface area contributed by atoms with Crippen LogP contribution in [0.1, 0.15) is 33.3 Å². The van der Waals surface area contributed by atoms with Gasteiger partial charge in [0.15, 0.2) is 6.61 Å². The molecule has 1 aromatic carbocycles. The van der Waals surface area contributed by atoms with Gasteiger partial charge in [-0.25, -0.2) is 0 Å². The Morgan fingerprint density at radius 3 is 2.37 bits per heavy atom. The number of amides is 1. The van der Waals surface area contributed by atoms with Crippen molar-refractivity contribution in [1.82, 2.24) is 10.6 Å². The van der Waals surface area contributed by atoms with Crippen molar-refractivity contribution in [2.45, 2.75) is 39.8 Å². The minimum atomic E-state index is -0.226. The molecule has 0 heterocycles. The number of carbonyl (C=O) groups is 1. The van der Waals surface area contributed by atoms with Crippen molar-refractivity contribution in [2.75, 3.05) is 13.2 Å². The van der Waals surface area contributed by atoms with Crippen LogP contribution < -0.4 is 15.4 Å². The van der Waals surface area contributed by atoms with Gasteiger partial charge in [-0.15, -0.1) is 0 Å². The Labute approximate surface area is 115 Å². The summed E-state index contributed by atoms with van der Waals surface area (Å²) in [5, 5.41) is 6.11. The van der Waals surface area contributed by atoms with E-state index in [1.165, 1.54) is 5.56 Å². The van der Waals surface area contributed by atoms with Crippen LogP contribution in [0.5, 0.6) is 5.75 Å². The van der Waals surface area contributed by atoms with Gasteiger partial charge in [-0.05, 0) is 45.0 Å². The number of carbonyl (C=O) groups excluding carboxylic acids is 1. The molecule has 0 radical (unpaired) electrons. The SMILES string of the molecule is CCNCc1ccc(OCC(=O)NC(C)(C)C)cc1. The van der Waals surface area contributed by atoms with Crippen molar-refractivity contribution in [1.29, 1.82) is 0 Å². The maximum Gasteiger partial charge on any atom is 0.258 e. The van der Waals surface area contributed by atoms with Gasteiger partial charge in [0.05, 0.1) is 0 Å². The van der Waals surface area contributed by atoms with Crippen LogP contribution in [0.25, 0.3) is 0 Å². The normalized spacial score (nSPS) is 11.2. The summed E-state index contributed by atoms with van der Waals surface area (Å²) in [6.45, 7) is 9.75. The highest BCUT2D eigenvalue weighted by molar-refractivity contribution is 5.78. The number of benzene rings is 1. The quantitative estimate of drug-likeness (QED) is 0.827. The summed E-state index contributed by atoms with van der Waals surface area (Å²) >= 11 is 0. The third kappa shape index (κ3) is 6.82. The van der Waals surface area contributed by atoms with Crippen LogP contribution in [0, 0.1) is 0 Å². The van der Waals surface area contributed by atoms with E-state index in [0.29, 0.717) is 5.75 Å². The zero-order chi connectivity index (χ0) is 14.3. The second-order valence-electron chi connectivity index (χ2n) is 5.51. The summed E-state index contributed by atoms with van der Waals surface area (Å²) in [5.41, 5.74) is 0.976. The molecule has 0 bridgehead atoms. The Morgan fingerprint density at radius 2 is 1.84 bits per heavy atom. The summed E-state index contributed by atoms with van der Waals surface area (Å²) in [6, 6.07) is 7.77. The molecule has 0 unspecified atom stereocenters. The number of nitrogens with one attached hydrogen (secondary N) is 2. The smallest absolute Gasteiger partial charge is 0.258 e. The van der Waals surface area contributed by atoms with E-state index in [2.05, 4.69) is 17.6 Å². The highest BCUT2D eigenvalue weighted by Gasteiger charge is 2.13. The maximum absolute atomic E-state index is 11.6. The number of hydrogen-bond donors (Lipinski definition) is 2. The fourth-order valence-electron chi connectivity index (χ4n) is 1.58. The predicted octanol–water partition coefficient (Wildman–Crippen LogP) is 2.09. The molecule has 0 spiro atoms. The summed E-state index contributed by atoms with van der Waals surface area (Å²) < 4.78 is 5.44. The Bertz CT molecular complexity index is 394. The van der Waals surface area contributed by atoms with Crippen molar-refractivity contribution < 1.29 is 9.53 Å². The molecule has 0 aromatic heterocycles. The molecule has 0 aliphatic heterocycles. The number of rotatable bonds is 6. The molecule has 1 aromatic rings. The molecular weight excluding hydrogens is 240 g/mol. The number of ether oxygens (including phenoxy) is 1. The van der Waals surface area contributed by atoms with E-state index in [4.69, 9.17) is 4.74 Å². The zero-order valence-corrected chi connectivity index (χ0v) is 12.2. The minimum absolute atomic E-state index is 0.0455. The molecule has 0 saturated heterocycles. The van der Waals surface area contributed by atoms with E-state index >= 15 is 0 Å². The van der Waals surface area contributed by atoms with E-state index in [1.807, 2.05) is 45.0 Å². The third-order valence-corrected chi connectivity index (χ3v) is 2.39. The second kappa shape index (κ2) is 7.14. The van der Waals surface area contributed by atoms with Gasteiger partial charge in [-0.1, -0.05) is 19.1 Å². The first-order chi connectivity index (χ1) is 8.90. The average Bonchev–Trinajstić information content (AvgIpc) is 2.33. The molecule has 0 aliphatic rings. The van der Waals surface area contributed by atoms with E-state index in [1.54, 1.807) is 0 Å². The Morgan fingerprint density at radius 1 is 1.21 bits per heavy atom. The van der Waals surface area contributed by atoms with Crippen molar-refractivity contribution in [3.63, 3.8) is 0 Å². The first-order valence-electron chi connectivity index (χ1n) is 6.64. The molecule has 0 aliphatic carbocycles. The lowest BCUT2D eigenvalue weighted by atomic mass is 10.1. The molecule has 0 fully saturated rings. The monoisotopic (exact) mass is 264 g/mol. The molecule has 4 heteroatoms. The number of hydrogen-bond acceptors (Lipinski definition) is 3. The first kappa shape index (κ1) is 15.5. The Kier molecular flexibility index (Phi) is 5.83. The van der Waals surface area contributed by atoms with Gasteiger partial charge in [0, 0.05) is 12.1 Å². The fourth-order valence-corrected chi connectivity index (χ4v) is 1.58. The van der Waals surface area contributed by atoms with Crippen molar-refractivity contribution in [3.05, 3.63) is 29.8 Å². The summed E-state index contributed by atoms with van der Waals surface area (Å²) in [5.74, 6) is 0.605. The van der Waals surface area contributed by atoms with Crippen LogP contribution in [0.3, 0.4) is 0 Å². The van der Waals surface area contributed by atoms with Gasteiger partial charge < -0.3 is 15.4 Å². The van der Waals surface area contributed by atoms with Crippen LogP contribution in [-0.4, -0.2) is 24.6 Å². The zero-order valence-electron chi connectivity index (χ0n) is 12.2. The van der Waals surface area contributed by atoms with Crippen molar-refractivity contribution in [3.8, 4) is 5.75 Å². The van der Waals surface area contributed by atoms with Crippen LogP contribution in [-0.2, 0) is 11.3 Å². The average molecular weight is 264 g/mol. The van der Waals surface area contributed by atoms with Gasteiger partial charge in [0.1, 0.15) is 5.75 Å². The highest BCUT2D eigenvalue weighted by Crippen LogP contribution is 2.12. The molecule has 0 saturated carbocycles. The highest BCUT2D eigenvalue weighted by atomic mass is 16.5. The lowest BCUT2D eigenvalue weighted by Crippen LogP contribution is -2.43. The first-order valence-corrected chi connectivity index (χ1v) is 6.64. The molecule has 2 N–H and O–H groups in total. The molecule has 19 heavy (non-hydrogen) atoms. The molecule has 1 amide bonds. The molecular formula is C15H24N2O2. The van der Waals surface area contributed by atoms with Gasteiger partial charge in [-0.3, -0.25) is 4.79 Å². The van der Waals surface area contributed by atoms with Gasteiger partial charge in [0.2, 0.25) is 0 Å². The Balaban J connectivity index is 2.39. The van der Waals surface area contributed by atoms with E-state index < -0.39 is 0 Å². The third-order valence-electron chi connectivity index (χ3n) is 2.39. The van der Waals surface area contributed by atoms with Crippen LogP contribution in [0.4, 0.5) is 0 Å². The molecule has 4 nitrogen and oxygen atoms in total. The van der Waals surface area contributed by atoms with Gasteiger partial charge >= 0.3 is 0 Å². The van der Waals surface area contributed by atoms with Crippen molar-refractivity contribution >= 4 is 5.91 Å². The molecule has 106 valence electrons. The van der Waals surface area contributed by atoms with Crippen LogP contribution in [0.15, 0.2) is 24.3 Å². The summed E-state index contributed by atoms with van der Waals surface area (Å²) in [4.78, 5) is 11.6. The van der Waals surface area contributed by atoms with Crippen molar-refractivity contribution in [2.24, 2.45) is 0 Å². The van der Waals surface area contributed by atoms with Crippen LogP contribution in [0.2, 0.25) is 0 Å². The van der Waals surface area contributed by atoms with E-state index in [0.717, 1.165) is 13.1 Å². The van der Waals surface area contributed by atoms with Crippen LogP contribution >= 0.6 is 0 Å². The molecule has 1 rings (SSSR count). The van der Waals surface area contributed by atoms with Gasteiger partial charge in [0.25, 0.3) is 5.91 Å². The fraction of sp³-hybridized carbons (Fsp3) is 0.533. The minimum Gasteiger partial charge on any atom is -0.484 e. The topological polar surface area (TPSA) is 50.4 Å². The summed E-state index contributed by atoms with van der Waals surface area (Å²) in [6.07, 6.45) is 0. The molecule has 0 atom stereocenters. The Hall–Kier alpha value is -1.55. The maximum atomic E-state index is 11.6. The largest absolute Gasteiger partial charge is 0.484 e. The lowest BCUT2D eigenvalue weighted by Gasteiger charge is -2.20. The summed E-state index contributed by atoms with van der Waals surface area (Å²) in [7, 11) is 0. The standard InChI is InChI=1S/C15H24N2O2/c1-5-16-10-12-6-8-13(9-7-12)19-11-14(18)17-15(2,3)4/h6-9,16H,5,10-11H2,1-4H3,(H,17,18). The van der Waals surface area contributed by atoms with E-state index in [9.17, 15) is 4.79 Å². The predicted molar refractivity (Wildman–Crippen MR) is 77.2 cm³/mol. The van der Waals surface area contributed by atoms with E-state index in [-0.39, 0.29) is 18.1 Å².